The van der Waals surface area contributed by atoms with Gasteiger partial charge in [-0.25, -0.2) is 14.8 Å². The minimum Gasteiger partial charge on any atom is -0.493 e. The molecule has 4 rings (SSSR count). The van der Waals surface area contributed by atoms with Crippen LogP contribution in [0.15, 0.2) is 49.3 Å². The largest absolute Gasteiger partial charge is 0.493 e. The number of amides is 1. The van der Waals surface area contributed by atoms with Crippen LogP contribution in [-0.2, 0) is 9.59 Å². The maximum atomic E-state index is 11.6. The molecular formula is C23H19Cl2F3N4O5. The molecule has 196 valence electrons. The molecule has 2 N–H and O–H groups in total. The number of hydrogen-bond acceptors (Lipinski definition) is 7. The first-order chi connectivity index (χ1) is 17.4. The first-order valence-corrected chi connectivity index (χ1v) is 11.1. The van der Waals surface area contributed by atoms with Crippen molar-refractivity contribution in [2.75, 3.05) is 25.5 Å². The van der Waals surface area contributed by atoms with Gasteiger partial charge in [-0.1, -0.05) is 29.8 Å². The van der Waals surface area contributed by atoms with Crippen LogP contribution in [0.1, 0.15) is 0 Å². The molecule has 0 atom stereocenters. The van der Waals surface area contributed by atoms with Gasteiger partial charge in [0.15, 0.2) is 11.5 Å². The second-order valence-corrected chi connectivity index (χ2v) is 8.30. The number of carboxylic acid groups (broad SMARTS) is 1. The number of carboxylic acids is 1. The fraction of sp³-hybridized carbons (Fsp3) is 0.217. The van der Waals surface area contributed by atoms with Gasteiger partial charge in [-0.2, -0.15) is 13.2 Å². The van der Waals surface area contributed by atoms with Gasteiger partial charge in [-0.05, 0) is 30.3 Å². The molecule has 1 saturated heterocycles. The molecule has 1 aliphatic rings. The molecule has 14 heteroatoms. The van der Waals surface area contributed by atoms with Gasteiger partial charge in [-0.15, -0.1) is 0 Å². The van der Waals surface area contributed by atoms with Crippen LogP contribution in [0.4, 0.5) is 24.7 Å². The standard InChI is InChI=1S/C21H18Cl2N4O3.C2HF3O2/c1-3-20(28)27-9-13(10-27)30-19-7-14-17(8-18(19)29-2)24-11-25-21(14)26-12-4-5-15(22)16(23)6-12;3-2(4,5)1(6)7/h3-8,11,13H,1,9-10H2,2H3,(H,24,25,26);(H,6,7). The summed E-state index contributed by atoms with van der Waals surface area (Å²) in [5, 5.41) is 12.0. The van der Waals surface area contributed by atoms with Gasteiger partial charge in [-0.3, -0.25) is 4.79 Å². The fourth-order valence-corrected chi connectivity index (χ4v) is 3.43. The van der Waals surface area contributed by atoms with E-state index in [2.05, 4.69) is 21.9 Å². The summed E-state index contributed by atoms with van der Waals surface area (Å²) < 4.78 is 43.3. The van der Waals surface area contributed by atoms with Gasteiger partial charge in [0.25, 0.3) is 0 Å². The Morgan fingerprint density at radius 3 is 2.41 bits per heavy atom. The third-order valence-electron chi connectivity index (χ3n) is 4.97. The predicted molar refractivity (Wildman–Crippen MR) is 131 cm³/mol. The number of fused-ring (bicyclic) bond motifs is 1. The number of carbonyl (C=O) groups excluding carboxylic acids is 1. The Kier molecular flexibility index (Phi) is 8.66. The average Bonchev–Trinajstić information content (AvgIpc) is 2.82. The summed E-state index contributed by atoms with van der Waals surface area (Å²) in [5.74, 6) is -1.18. The minimum absolute atomic E-state index is 0.109. The molecule has 0 saturated carbocycles. The summed E-state index contributed by atoms with van der Waals surface area (Å²) in [6, 6.07) is 8.85. The normalized spacial score (nSPS) is 13.2. The number of hydrogen-bond donors (Lipinski definition) is 2. The molecule has 2 heterocycles. The lowest BCUT2D eigenvalue weighted by molar-refractivity contribution is -0.192. The number of carbonyl (C=O) groups is 2. The van der Waals surface area contributed by atoms with Crippen molar-refractivity contribution in [1.82, 2.24) is 14.9 Å². The molecule has 0 spiro atoms. The molecule has 1 amide bonds. The van der Waals surface area contributed by atoms with E-state index in [1.165, 1.54) is 12.4 Å². The van der Waals surface area contributed by atoms with E-state index < -0.39 is 12.1 Å². The number of benzene rings is 2. The number of rotatable bonds is 6. The quantitative estimate of drug-likeness (QED) is 0.402. The molecular weight excluding hydrogens is 540 g/mol. The Hall–Kier alpha value is -3.77. The molecule has 1 aliphatic heterocycles. The van der Waals surface area contributed by atoms with Crippen LogP contribution >= 0.6 is 23.2 Å². The summed E-state index contributed by atoms with van der Waals surface area (Å²) in [6.07, 6.45) is -2.45. The van der Waals surface area contributed by atoms with E-state index in [1.54, 1.807) is 30.2 Å². The van der Waals surface area contributed by atoms with Crippen LogP contribution < -0.4 is 14.8 Å². The van der Waals surface area contributed by atoms with Crippen LogP contribution in [0.2, 0.25) is 10.0 Å². The highest BCUT2D eigenvalue weighted by Gasteiger charge is 2.38. The number of anilines is 2. The summed E-state index contributed by atoms with van der Waals surface area (Å²) >= 11 is 12.1. The second-order valence-electron chi connectivity index (χ2n) is 7.49. The van der Waals surface area contributed by atoms with Crippen molar-refractivity contribution in [2.45, 2.75) is 12.3 Å². The van der Waals surface area contributed by atoms with Crippen LogP contribution in [0.25, 0.3) is 10.9 Å². The Morgan fingerprint density at radius 2 is 1.84 bits per heavy atom. The monoisotopic (exact) mass is 558 g/mol. The van der Waals surface area contributed by atoms with E-state index in [-0.39, 0.29) is 12.0 Å². The molecule has 1 fully saturated rings. The molecule has 9 nitrogen and oxygen atoms in total. The number of halogens is 5. The summed E-state index contributed by atoms with van der Waals surface area (Å²) in [5.41, 5.74) is 1.43. The van der Waals surface area contributed by atoms with Gasteiger partial charge in [0.2, 0.25) is 5.91 Å². The van der Waals surface area contributed by atoms with Gasteiger partial charge in [0.1, 0.15) is 18.2 Å². The zero-order valence-electron chi connectivity index (χ0n) is 19.1. The van der Waals surface area contributed by atoms with Gasteiger partial charge in [0, 0.05) is 17.1 Å². The number of alkyl halides is 3. The number of aliphatic carboxylic acids is 1. The molecule has 0 aliphatic carbocycles. The lowest BCUT2D eigenvalue weighted by Crippen LogP contribution is -2.55. The van der Waals surface area contributed by atoms with Crippen LogP contribution in [0.3, 0.4) is 0 Å². The Morgan fingerprint density at radius 1 is 1.16 bits per heavy atom. The van der Waals surface area contributed by atoms with Crippen molar-refractivity contribution >= 4 is 57.5 Å². The molecule has 37 heavy (non-hydrogen) atoms. The van der Waals surface area contributed by atoms with E-state index in [4.69, 9.17) is 42.6 Å². The summed E-state index contributed by atoms with van der Waals surface area (Å²) in [6.45, 7) is 4.48. The SMILES string of the molecule is C=CC(=O)N1CC(Oc2cc3c(Nc4ccc(Cl)c(Cl)c4)ncnc3cc2OC)C1.O=C(O)C(F)(F)F. The summed E-state index contributed by atoms with van der Waals surface area (Å²) in [4.78, 5) is 30.9. The lowest BCUT2D eigenvalue weighted by Gasteiger charge is -2.38. The molecule has 0 radical (unpaired) electrons. The van der Waals surface area contributed by atoms with Crippen molar-refractivity contribution < 1.29 is 37.3 Å². The van der Waals surface area contributed by atoms with Crippen molar-refractivity contribution in [3.05, 3.63) is 59.4 Å². The van der Waals surface area contributed by atoms with Crippen molar-refractivity contribution in [3.8, 4) is 11.5 Å². The first kappa shape index (κ1) is 27.8. The van der Waals surface area contributed by atoms with Crippen molar-refractivity contribution in [1.29, 1.82) is 0 Å². The molecule has 3 aromatic rings. The Bertz CT molecular complexity index is 1330. The number of aromatic nitrogens is 2. The van der Waals surface area contributed by atoms with Gasteiger partial charge < -0.3 is 24.8 Å². The van der Waals surface area contributed by atoms with Gasteiger partial charge in [0.05, 0.1) is 35.8 Å². The van der Waals surface area contributed by atoms with Crippen molar-refractivity contribution in [2.24, 2.45) is 0 Å². The van der Waals surface area contributed by atoms with E-state index in [9.17, 15) is 18.0 Å². The molecule has 1 aromatic heterocycles. The predicted octanol–water partition coefficient (Wildman–Crippen LogP) is 5.10. The topological polar surface area (TPSA) is 114 Å². The minimum atomic E-state index is -5.08. The van der Waals surface area contributed by atoms with Gasteiger partial charge >= 0.3 is 12.1 Å². The van der Waals surface area contributed by atoms with E-state index in [0.717, 1.165) is 11.1 Å². The van der Waals surface area contributed by atoms with E-state index >= 15 is 0 Å². The third-order valence-corrected chi connectivity index (χ3v) is 5.71. The fourth-order valence-electron chi connectivity index (χ4n) is 3.13. The molecule has 0 unspecified atom stereocenters. The molecule has 2 aromatic carbocycles. The maximum absolute atomic E-state index is 11.6. The smallest absolute Gasteiger partial charge is 0.490 e. The number of nitrogens with zero attached hydrogens (tertiary/aromatic N) is 3. The number of ether oxygens (including phenoxy) is 2. The summed E-state index contributed by atoms with van der Waals surface area (Å²) in [7, 11) is 1.57. The van der Waals surface area contributed by atoms with E-state index in [0.29, 0.717) is 46.0 Å². The second kappa shape index (κ2) is 11.5. The number of methoxy groups -OCH3 is 1. The van der Waals surface area contributed by atoms with Crippen LogP contribution in [0.5, 0.6) is 11.5 Å². The highest BCUT2D eigenvalue weighted by Crippen LogP contribution is 2.36. The third kappa shape index (κ3) is 6.92. The molecule has 0 bridgehead atoms. The highest BCUT2D eigenvalue weighted by molar-refractivity contribution is 6.42. The maximum Gasteiger partial charge on any atom is 0.490 e. The number of likely N-dealkylation sites (tertiary alicyclic amines) is 1. The van der Waals surface area contributed by atoms with Crippen LogP contribution in [-0.4, -0.2) is 64.3 Å². The Balaban J connectivity index is 0.000000479. The Labute approximate surface area is 218 Å². The average molecular weight is 559 g/mol. The highest BCUT2D eigenvalue weighted by atomic mass is 35.5. The van der Waals surface area contributed by atoms with E-state index in [1.807, 2.05) is 12.1 Å². The first-order valence-electron chi connectivity index (χ1n) is 10.4. The zero-order valence-corrected chi connectivity index (χ0v) is 20.6. The lowest BCUT2D eigenvalue weighted by atomic mass is 10.1. The van der Waals surface area contributed by atoms with Crippen LogP contribution in [0, 0.1) is 0 Å². The zero-order chi connectivity index (χ0) is 27.3. The van der Waals surface area contributed by atoms with Crippen molar-refractivity contribution in [3.63, 3.8) is 0 Å². The number of nitrogens with one attached hydrogen (secondary N) is 1.